The molecule has 5 nitrogen and oxygen atoms in total. The molecule has 0 aliphatic carbocycles. The molecule has 0 saturated carbocycles. The van der Waals surface area contributed by atoms with Crippen LogP contribution in [0.1, 0.15) is 22.8 Å². The highest BCUT2D eigenvalue weighted by atomic mass is 16.5. The second-order valence-electron chi connectivity index (χ2n) is 4.95. The largest absolute Gasteiger partial charge is 0.481 e. The lowest BCUT2D eigenvalue weighted by Gasteiger charge is -2.15. The molecule has 0 bridgehead atoms. The molecule has 0 fully saturated rings. The molecule has 2 aromatic carbocycles. The highest BCUT2D eigenvalue weighted by molar-refractivity contribution is 5.96. The normalized spacial score (nSPS) is 11.5. The predicted octanol–water partition coefficient (Wildman–Crippen LogP) is 3.10. The standard InChI is InChI=1S/C17H17NO4/c1-11-6-8-15(9-7-11)22-12(2)16(19)18-14-5-3-4-13(10-14)17(20)21/h3-10,12H,1-2H3,(H,18,19)(H,20,21)/t12-/m0/s1. The van der Waals surface area contributed by atoms with Crippen LogP contribution in [0.2, 0.25) is 0 Å². The van der Waals surface area contributed by atoms with E-state index in [0.29, 0.717) is 11.4 Å². The molecule has 0 unspecified atom stereocenters. The van der Waals surface area contributed by atoms with Gasteiger partial charge in [0.1, 0.15) is 5.75 Å². The highest BCUT2D eigenvalue weighted by Crippen LogP contribution is 2.15. The molecule has 0 aliphatic heterocycles. The van der Waals surface area contributed by atoms with E-state index in [4.69, 9.17) is 9.84 Å². The third kappa shape index (κ3) is 4.09. The number of nitrogens with one attached hydrogen (secondary N) is 1. The molecule has 1 atom stereocenters. The molecule has 0 aromatic heterocycles. The summed E-state index contributed by atoms with van der Waals surface area (Å²) in [6, 6.07) is 13.5. The van der Waals surface area contributed by atoms with Crippen molar-refractivity contribution in [2.75, 3.05) is 5.32 Å². The Labute approximate surface area is 128 Å². The molecule has 0 radical (unpaired) electrons. The van der Waals surface area contributed by atoms with Crippen molar-refractivity contribution in [3.05, 3.63) is 59.7 Å². The number of hydrogen-bond acceptors (Lipinski definition) is 3. The fourth-order valence-electron chi connectivity index (χ4n) is 1.85. The van der Waals surface area contributed by atoms with Crippen LogP contribution in [0.25, 0.3) is 0 Å². The molecule has 0 spiro atoms. The lowest BCUT2D eigenvalue weighted by molar-refractivity contribution is -0.122. The van der Waals surface area contributed by atoms with Crippen LogP contribution in [0.3, 0.4) is 0 Å². The number of ether oxygens (including phenoxy) is 1. The van der Waals surface area contributed by atoms with E-state index in [9.17, 15) is 9.59 Å². The van der Waals surface area contributed by atoms with Gasteiger partial charge in [0.25, 0.3) is 5.91 Å². The molecule has 114 valence electrons. The fourth-order valence-corrected chi connectivity index (χ4v) is 1.85. The Morgan fingerprint density at radius 3 is 2.45 bits per heavy atom. The minimum Gasteiger partial charge on any atom is -0.481 e. The number of aromatic carboxylic acids is 1. The summed E-state index contributed by atoms with van der Waals surface area (Å²) in [4.78, 5) is 23.0. The minimum absolute atomic E-state index is 0.116. The van der Waals surface area contributed by atoms with Crippen molar-refractivity contribution < 1.29 is 19.4 Å². The Morgan fingerprint density at radius 1 is 1.14 bits per heavy atom. The summed E-state index contributed by atoms with van der Waals surface area (Å²) in [6.45, 7) is 3.60. The summed E-state index contributed by atoms with van der Waals surface area (Å²) in [5, 5.41) is 11.6. The zero-order valence-corrected chi connectivity index (χ0v) is 12.4. The highest BCUT2D eigenvalue weighted by Gasteiger charge is 2.15. The number of aryl methyl sites for hydroxylation is 1. The summed E-state index contributed by atoms with van der Waals surface area (Å²) in [5.41, 5.74) is 1.64. The number of carbonyl (C=O) groups excluding carboxylic acids is 1. The maximum atomic E-state index is 12.1. The molecule has 2 rings (SSSR count). The Hall–Kier alpha value is -2.82. The third-order valence-corrected chi connectivity index (χ3v) is 3.08. The first kappa shape index (κ1) is 15.6. The van der Waals surface area contributed by atoms with Gasteiger partial charge in [0, 0.05) is 5.69 Å². The summed E-state index contributed by atoms with van der Waals surface area (Å²) in [6.07, 6.45) is -0.698. The van der Waals surface area contributed by atoms with Crippen LogP contribution in [-0.4, -0.2) is 23.1 Å². The predicted molar refractivity (Wildman–Crippen MR) is 83.3 cm³/mol. The van der Waals surface area contributed by atoms with Crippen LogP contribution in [-0.2, 0) is 4.79 Å². The van der Waals surface area contributed by atoms with Crippen molar-refractivity contribution >= 4 is 17.6 Å². The molecule has 0 heterocycles. The number of rotatable bonds is 5. The van der Waals surface area contributed by atoms with E-state index in [1.165, 1.54) is 12.1 Å². The topological polar surface area (TPSA) is 75.6 Å². The average Bonchev–Trinajstić information content (AvgIpc) is 2.49. The number of carbonyl (C=O) groups is 2. The summed E-state index contributed by atoms with van der Waals surface area (Å²) >= 11 is 0. The van der Waals surface area contributed by atoms with Crippen LogP contribution < -0.4 is 10.1 Å². The molecule has 2 aromatic rings. The van der Waals surface area contributed by atoms with Gasteiger partial charge >= 0.3 is 5.97 Å². The fraction of sp³-hybridized carbons (Fsp3) is 0.176. The summed E-state index contributed by atoms with van der Waals surface area (Å²) in [7, 11) is 0. The van der Waals surface area contributed by atoms with Gasteiger partial charge in [-0.2, -0.15) is 0 Å². The molecule has 1 amide bonds. The Kier molecular flexibility index (Phi) is 4.78. The monoisotopic (exact) mass is 299 g/mol. The van der Waals surface area contributed by atoms with Crippen LogP contribution in [0.5, 0.6) is 5.75 Å². The van der Waals surface area contributed by atoms with Gasteiger partial charge in [-0.3, -0.25) is 4.79 Å². The number of amides is 1. The first-order valence-corrected chi connectivity index (χ1v) is 6.83. The zero-order valence-electron chi connectivity index (χ0n) is 12.4. The van der Waals surface area contributed by atoms with Crippen molar-refractivity contribution in [2.24, 2.45) is 0 Å². The molecular formula is C17H17NO4. The first-order valence-electron chi connectivity index (χ1n) is 6.83. The molecule has 0 aliphatic rings. The van der Waals surface area contributed by atoms with Crippen molar-refractivity contribution in [1.29, 1.82) is 0 Å². The first-order chi connectivity index (χ1) is 10.5. The van der Waals surface area contributed by atoms with E-state index >= 15 is 0 Å². The number of anilines is 1. The van der Waals surface area contributed by atoms with E-state index in [-0.39, 0.29) is 11.5 Å². The molecule has 5 heteroatoms. The van der Waals surface area contributed by atoms with Crippen LogP contribution in [0.15, 0.2) is 48.5 Å². The van der Waals surface area contributed by atoms with E-state index in [0.717, 1.165) is 5.56 Å². The Morgan fingerprint density at radius 2 is 1.82 bits per heavy atom. The maximum absolute atomic E-state index is 12.1. The van der Waals surface area contributed by atoms with E-state index < -0.39 is 12.1 Å². The maximum Gasteiger partial charge on any atom is 0.335 e. The van der Waals surface area contributed by atoms with Gasteiger partial charge in [-0.05, 0) is 44.2 Å². The summed E-state index contributed by atoms with van der Waals surface area (Å²) in [5.74, 6) is -0.782. The number of carboxylic acid groups (broad SMARTS) is 1. The number of benzene rings is 2. The van der Waals surface area contributed by atoms with E-state index in [2.05, 4.69) is 5.32 Å². The molecular weight excluding hydrogens is 282 g/mol. The van der Waals surface area contributed by atoms with E-state index in [1.807, 2.05) is 19.1 Å². The second kappa shape index (κ2) is 6.76. The van der Waals surface area contributed by atoms with Gasteiger partial charge in [0.05, 0.1) is 5.56 Å². The third-order valence-electron chi connectivity index (χ3n) is 3.08. The number of hydrogen-bond donors (Lipinski definition) is 2. The lowest BCUT2D eigenvalue weighted by Crippen LogP contribution is -2.30. The van der Waals surface area contributed by atoms with Crippen molar-refractivity contribution in [2.45, 2.75) is 20.0 Å². The van der Waals surface area contributed by atoms with Crippen molar-refractivity contribution in [3.8, 4) is 5.75 Å². The second-order valence-corrected chi connectivity index (χ2v) is 4.95. The minimum atomic E-state index is -1.04. The lowest BCUT2D eigenvalue weighted by atomic mass is 10.2. The SMILES string of the molecule is Cc1ccc(O[C@@H](C)C(=O)Nc2cccc(C(=O)O)c2)cc1. The van der Waals surface area contributed by atoms with Gasteiger partial charge < -0.3 is 15.2 Å². The van der Waals surface area contributed by atoms with Gasteiger partial charge in [0.2, 0.25) is 0 Å². The van der Waals surface area contributed by atoms with Crippen LogP contribution in [0, 0.1) is 6.92 Å². The Balaban J connectivity index is 2.00. The summed E-state index contributed by atoms with van der Waals surface area (Å²) < 4.78 is 5.55. The van der Waals surface area contributed by atoms with Gasteiger partial charge in [-0.25, -0.2) is 4.79 Å². The van der Waals surface area contributed by atoms with Crippen LogP contribution >= 0.6 is 0 Å². The quantitative estimate of drug-likeness (QED) is 0.889. The number of carboxylic acids is 1. The molecule has 2 N–H and O–H groups in total. The van der Waals surface area contributed by atoms with Crippen LogP contribution in [0.4, 0.5) is 5.69 Å². The van der Waals surface area contributed by atoms with Gasteiger partial charge in [-0.15, -0.1) is 0 Å². The molecule has 22 heavy (non-hydrogen) atoms. The zero-order chi connectivity index (χ0) is 16.1. The Bertz CT molecular complexity index is 679. The smallest absolute Gasteiger partial charge is 0.335 e. The van der Waals surface area contributed by atoms with Gasteiger partial charge in [-0.1, -0.05) is 23.8 Å². The van der Waals surface area contributed by atoms with Crippen molar-refractivity contribution in [3.63, 3.8) is 0 Å². The molecule has 0 saturated heterocycles. The van der Waals surface area contributed by atoms with E-state index in [1.54, 1.807) is 31.2 Å². The van der Waals surface area contributed by atoms with Gasteiger partial charge in [0.15, 0.2) is 6.10 Å². The van der Waals surface area contributed by atoms with Crippen molar-refractivity contribution in [1.82, 2.24) is 0 Å². The average molecular weight is 299 g/mol.